The first-order chi connectivity index (χ1) is 9.74. The van der Waals surface area contributed by atoms with Crippen molar-refractivity contribution in [3.63, 3.8) is 0 Å². The fraction of sp³-hybridized carbons (Fsp3) is 0.143. The fourth-order valence-corrected chi connectivity index (χ4v) is 2.18. The largest absolute Gasteiger partial charge is 0.361 e. The van der Waals surface area contributed by atoms with Gasteiger partial charge < -0.3 is 16.0 Å². The zero-order valence-electron chi connectivity index (χ0n) is 10.8. The number of hydrogen-bond acceptors (Lipinski definition) is 3. The zero-order valence-corrected chi connectivity index (χ0v) is 10.8. The van der Waals surface area contributed by atoms with Gasteiger partial charge >= 0.3 is 0 Å². The molecule has 6 nitrogen and oxygen atoms in total. The summed E-state index contributed by atoms with van der Waals surface area (Å²) in [5.74, 6) is -0.225. The number of carbonyl (C=O) groups is 1. The molecule has 0 aliphatic heterocycles. The molecule has 20 heavy (non-hydrogen) atoms. The van der Waals surface area contributed by atoms with Crippen molar-refractivity contribution in [3.8, 4) is 0 Å². The van der Waals surface area contributed by atoms with Crippen LogP contribution in [0.4, 0.5) is 5.69 Å². The van der Waals surface area contributed by atoms with Gasteiger partial charge in [-0.1, -0.05) is 18.2 Å². The Balaban J connectivity index is 1.72. The summed E-state index contributed by atoms with van der Waals surface area (Å²) in [5, 5.41) is 10.2. The Morgan fingerprint density at radius 3 is 3.00 bits per heavy atom. The summed E-state index contributed by atoms with van der Waals surface area (Å²) in [6, 6.07) is 7.34. The van der Waals surface area contributed by atoms with Crippen molar-refractivity contribution in [3.05, 3.63) is 48.4 Å². The van der Waals surface area contributed by atoms with E-state index < -0.39 is 6.04 Å². The van der Waals surface area contributed by atoms with Crippen molar-refractivity contribution in [2.75, 3.05) is 5.32 Å². The number of aromatic nitrogens is 3. The van der Waals surface area contributed by atoms with E-state index in [4.69, 9.17) is 5.73 Å². The van der Waals surface area contributed by atoms with Crippen LogP contribution in [0.5, 0.6) is 0 Å². The summed E-state index contributed by atoms with van der Waals surface area (Å²) in [6.07, 6.45) is 5.52. The molecule has 0 aliphatic rings. The third-order valence-corrected chi connectivity index (χ3v) is 3.22. The topological polar surface area (TPSA) is 99.6 Å². The van der Waals surface area contributed by atoms with E-state index in [1.807, 2.05) is 30.5 Å². The predicted molar refractivity (Wildman–Crippen MR) is 77.2 cm³/mol. The van der Waals surface area contributed by atoms with Crippen LogP contribution >= 0.6 is 0 Å². The maximum absolute atomic E-state index is 12.0. The maximum Gasteiger partial charge on any atom is 0.241 e. The highest BCUT2D eigenvalue weighted by Gasteiger charge is 2.16. The van der Waals surface area contributed by atoms with E-state index in [9.17, 15) is 4.79 Å². The molecular weight excluding hydrogens is 254 g/mol. The third-order valence-electron chi connectivity index (χ3n) is 3.22. The zero-order chi connectivity index (χ0) is 13.9. The SMILES string of the molecule is N[C@H](Cc1c[nH]c2ccccc12)C(=O)Nc1cn[nH]c1. The standard InChI is InChI=1S/C14H15N5O/c15-12(14(20)19-10-7-17-18-8-10)5-9-6-16-13-4-2-1-3-11(9)13/h1-4,6-8,12,16H,5,15H2,(H,17,18)(H,19,20)/t12-/m1/s1. The van der Waals surface area contributed by atoms with Crippen LogP contribution in [0.3, 0.4) is 0 Å². The minimum atomic E-state index is -0.607. The molecule has 0 aliphatic carbocycles. The van der Waals surface area contributed by atoms with Crippen LogP contribution < -0.4 is 11.1 Å². The molecule has 0 bridgehead atoms. The van der Waals surface area contributed by atoms with Crippen molar-refractivity contribution < 1.29 is 4.79 Å². The third kappa shape index (κ3) is 2.41. The van der Waals surface area contributed by atoms with E-state index in [2.05, 4.69) is 20.5 Å². The highest BCUT2D eigenvalue weighted by molar-refractivity contribution is 5.95. The highest BCUT2D eigenvalue weighted by Crippen LogP contribution is 2.19. The molecule has 1 aromatic carbocycles. The number of nitrogens with one attached hydrogen (secondary N) is 3. The fourth-order valence-electron chi connectivity index (χ4n) is 2.18. The lowest BCUT2D eigenvalue weighted by Gasteiger charge is -2.10. The average molecular weight is 269 g/mol. The Labute approximate surface area is 115 Å². The molecule has 1 atom stereocenters. The number of fused-ring (bicyclic) bond motifs is 1. The van der Waals surface area contributed by atoms with E-state index >= 15 is 0 Å². The monoisotopic (exact) mass is 269 g/mol. The molecule has 0 saturated heterocycles. The summed E-state index contributed by atoms with van der Waals surface area (Å²) >= 11 is 0. The Hall–Kier alpha value is -2.60. The van der Waals surface area contributed by atoms with Crippen LogP contribution in [0.1, 0.15) is 5.56 Å². The van der Waals surface area contributed by atoms with Crippen LogP contribution in [0, 0.1) is 0 Å². The summed E-state index contributed by atoms with van der Waals surface area (Å²) in [4.78, 5) is 15.2. The molecule has 2 aromatic heterocycles. The number of nitrogens with two attached hydrogens (primary N) is 1. The quantitative estimate of drug-likeness (QED) is 0.576. The van der Waals surface area contributed by atoms with Gasteiger partial charge in [-0.2, -0.15) is 5.10 Å². The van der Waals surface area contributed by atoms with Crippen LogP contribution in [0.25, 0.3) is 10.9 Å². The molecule has 5 N–H and O–H groups in total. The summed E-state index contributed by atoms with van der Waals surface area (Å²) in [6.45, 7) is 0. The lowest BCUT2D eigenvalue weighted by molar-refractivity contribution is -0.117. The first-order valence-electron chi connectivity index (χ1n) is 6.34. The number of hydrogen-bond donors (Lipinski definition) is 4. The first-order valence-corrected chi connectivity index (χ1v) is 6.34. The van der Waals surface area contributed by atoms with E-state index in [1.54, 1.807) is 6.20 Å². The molecule has 6 heteroatoms. The van der Waals surface area contributed by atoms with Crippen LogP contribution in [-0.4, -0.2) is 27.1 Å². The lowest BCUT2D eigenvalue weighted by atomic mass is 10.1. The number of amides is 1. The van der Waals surface area contributed by atoms with E-state index in [0.29, 0.717) is 12.1 Å². The molecule has 0 radical (unpaired) electrons. The first kappa shape index (κ1) is 12.4. The van der Waals surface area contributed by atoms with Gasteiger partial charge in [0.15, 0.2) is 0 Å². The van der Waals surface area contributed by atoms with Gasteiger partial charge in [0.1, 0.15) is 0 Å². The number of benzene rings is 1. The van der Waals surface area contributed by atoms with Crippen LogP contribution in [0.2, 0.25) is 0 Å². The van der Waals surface area contributed by atoms with Crippen molar-refractivity contribution >= 4 is 22.5 Å². The number of nitrogens with zero attached hydrogens (tertiary/aromatic N) is 1. The number of carbonyl (C=O) groups excluding carboxylic acids is 1. The minimum Gasteiger partial charge on any atom is -0.361 e. The molecule has 1 amide bonds. The molecule has 0 spiro atoms. The average Bonchev–Trinajstić information content (AvgIpc) is 3.09. The van der Waals surface area contributed by atoms with Crippen molar-refractivity contribution in [1.82, 2.24) is 15.2 Å². The smallest absolute Gasteiger partial charge is 0.241 e. The van der Waals surface area contributed by atoms with Gasteiger partial charge in [0.2, 0.25) is 5.91 Å². The highest BCUT2D eigenvalue weighted by atomic mass is 16.2. The van der Waals surface area contributed by atoms with Gasteiger partial charge in [-0.25, -0.2) is 0 Å². The number of rotatable bonds is 4. The minimum absolute atomic E-state index is 0.225. The maximum atomic E-state index is 12.0. The van der Waals surface area contributed by atoms with E-state index in [0.717, 1.165) is 16.5 Å². The van der Waals surface area contributed by atoms with Crippen molar-refractivity contribution in [2.45, 2.75) is 12.5 Å². The normalized spacial score (nSPS) is 12.4. The predicted octanol–water partition coefficient (Wildman–Crippen LogP) is 1.40. The number of H-pyrrole nitrogens is 2. The molecule has 0 unspecified atom stereocenters. The molecule has 102 valence electrons. The molecule has 2 heterocycles. The van der Waals surface area contributed by atoms with Gasteiger partial charge in [0.25, 0.3) is 0 Å². The Bertz CT molecular complexity index is 716. The van der Waals surface area contributed by atoms with Crippen molar-refractivity contribution in [2.24, 2.45) is 5.73 Å². The second-order valence-corrected chi connectivity index (χ2v) is 4.65. The second-order valence-electron chi connectivity index (χ2n) is 4.65. The summed E-state index contributed by atoms with van der Waals surface area (Å²) < 4.78 is 0. The van der Waals surface area contributed by atoms with Crippen LogP contribution in [-0.2, 0) is 11.2 Å². The van der Waals surface area contributed by atoms with Gasteiger partial charge in [0.05, 0.1) is 17.9 Å². The van der Waals surface area contributed by atoms with E-state index in [-0.39, 0.29) is 5.91 Å². The molecule has 3 aromatic rings. The van der Waals surface area contributed by atoms with E-state index in [1.165, 1.54) is 6.20 Å². The molecule has 0 fully saturated rings. The van der Waals surface area contributed by atoms with Crippen LogP contribution in [0.15, 0.2) is 42.9 Å². The van der Waals surface area contributed by atoms with Gasteiger partial charge in [-0.05, 0) is 18.1 Å². The van der Waals surface area contributed by atoms with Crippen molar-refractivity contribution in [1.29, 1.82) is 0 Å². The Morgan fingerprint density at radius 2 is 2.20 bits per heavy atom. The Kier molecular flexibility index (Phi) is 3.22. The Morgan fingerprint density at radius 1 is 1.35 bits per heavy atom. The van der Waals surface area contributed by atoms with Gasteiger partial charge in [0, 0.05) is 23.3 Å². The molecular formula is C14H15N5O. The second kappa shape index (κ2) is 5.18. The molecule has 3 rings (SSSR count). The lowest BCUT2D eigenvalue weighted by Crippen LogP contribution is -2.37. The molecule has 0 saturated carbocycles. The number of anilines is 1. The summed E-state index contributed by atoms with van der Waals surface area (Å²) in [5.41, 5.74) is 8.66. The number of aromatic amines is 2. The summed E-state index contributed by atoms with van der Waals surface area (Å²) in [7, 11) is 0. The van der Waals surface area contributed by atoms with Gasteiger partial charge in [-0.3, -0.25) is 9.89 Å². The van der Waals surface area contributed by atoms with Gasteiger partial charge in [-0.15, -0.1) is 0 Å². The number of para-hydroxylation sites is 1.